The molecule has 0 saturated heterocycles. The van der Waals surface area contributed by atoms with Gasteiger partial charge in [-0.05, 0) is 32.1 Å². The largest absolute Gasteiger partial charge is 0.289 e. The molecule has 0 N–H and O–H groups in total. The summed E-state index contributed by atoms with van der Waals surface area (Å²) in [4.78, 5) is 12.0. The van der Waals surface area contributed by atoms with Gasteiger partial charge in [0.25, 0.3) is 0 Å². The van der Waals surface area contributed by atoms with Gasteiger partial charge < -0.3 is 0 Å². The number of ketones is 1. The van der Waals surface area contributed by atoms with Crippen molar-refractivity contribution < 1.29 is 4.79 Å². The van der Waals surface area contributed by atoms with E-state index in [2.05, 4.69) is 10.2 Å². The minimum atomic E-state index is -0.0339. The molecule has 0 saturated carbocycles. The van der Waals surface area contributed by atoms with E-state index in [1.165, 1.54) is 0 Å². The second-order valence-corrected chi connectivity index (χ2v) is 4.06. The molecular weight excluding hydrogens is 228 g/mol. The molecular formula is C13H16N4O. The van der Waals surface area contributed by atoms with E-state index in [4.69, 9.17) is 0 Å². The fraction of sp³-hybridized carbons (Fsp3) is 0.308. The van der Waals surface area contributed by atoms with E-state index >= 15 is 0 Å². The molecule has 2 aromatic rings. The summed E-state index contributed by atoms with van der Waals surface area (Å²) in [5.74, 6) is -0.0339. The van der Waals surface area contributed by atoms with E-state index < -0.39 is 0 Å². The van der Waals surface area contributed by atoms with Crippen LogP contribution in [0.3, 0.4) is 0 Å². The Bertz CT molecular complexity index is 592. The van der Waals surface area contributed by atoms with E-state index in [0.717, 1.165) is 17.9 Å². The maximum atomic E-state index is 12.0. The molecule has 2 aromatic heterocycles. The first-order chi connectivity index (χ1) is 8.61. The predicted molar refractivity (Wildman–Crippen MR) is 69.2 cm³/mol. The Balaban J connectivity index is 2.19. The number of hydrogen-bond acceptors (Lipinski definition) is 3. The van der Waals surface area contributed by atoms with Crippen molar-refractivity contribution in [1.82, 2.24) is 19.6 Å². The van der Waals surface area contributed by atoms with Crippen molar-refractivity contribution in [2.45, 2.75) is 20.4 Å². The van der Waals surface area contributed by atoms with Gasteiger partial charge in [0.05, 0.1) is 17.0 Å². The smallest absolute Gasteiger partial charge is 0.189 e. The van der Waals surface area contributed by atoms with E-state index in [-0.39, 0.29) is 5.78 Å². The lowest BCUT2D eigenvalue weighted by Crippen LogP contribution is -1.96. The average Bonchev–Trinajstić information content (AvgIpc) is 2.92. The van der Waals surface area contributed by atoms with Crippen LogP contribution in [0, 0.1) is 6.92 Å². The first kappa shape index (κ1) is 12.3. The topological polar surface area (TPSA) is 52.7 Å². The molecule has 2 rings (SSSR count). The molecule has 0 fully saturated rings. The van der Waals surface area contributed by atoms with Gasteiger partial charge in [0, 0.05) is 26.0 Å². The van der Waals surface area contributed by atoms with Crippen molar-refractivity contribution in [2.75, 3.05) is 0 Å². The van der Waals surface area contributed by atoms with Gasteiger partial charge in [0.1, 0.15) is 0 Å². The molecule has 0 bridgehead atoms. The maximum Gasteiger partial charge on any atom is 0.189 e. The molecule has 0 spiro atoms. The second kappa shape index (κ2) is 5.00. The van der Waals surface area contributed by atoms with Crippen LogP contribution < -0.4 is 0 Å². The number of rotatable bonds is 4. The minimum Gasteiger partial charge on any atom is -0.289 e. The Morgan fingerprint density at radius 3 is 2.83 bits per heavy atom. The lowest BCUT2D eigenvalue weighted by Gasteiger charge is -1.94. The van der Waals surface area contributed by atoms with Crippen molar-refractivity contribution in [3.05, 3.63) is 41.5 Å². The van der Waals surface area contributed by atoms with Crippen LogP contribution in [0.2, 0.25) is 0 Å². The number of hydrogen-bond donors (Lipinski definition) is 0. The first-order valence-corrected chi connectivity index (χ1v) is 5.86. The van der Waals surface area contributed by atoms with Gasteiger partial charge in [-0.25, -0.2) is 0 Å². The molecule has 5 heteroatoms. The van der Waals surface area contributed by atoms with Gasteiger partial charge in [0.15, 0.2) is 5.78 Å². The van der Waals surface area contributed by atoms with Crippen LogP contribution >= 0.6 is 0 Å². The van der Waals surface area contributed by atoms with Crippen LogP contribution in [0.1, 0.15) is 28.7 Å². The number of carbonyl (C=O) groups excluding carboxylic acids is 1. The van der Waals surface area contributed by atoms with Crippen LogP contribution in [0.4, 0.5) is 0 Å². The van der Waals surface area contributed by atoms with Crippen LogP contribution in [0.25, 0.3) is 6.08 Å². The monoisotopic (exact) mass is 244 g/mol. The van der Waals surface area contributed by atoms with Crippen LogP contribution in [0.15, 0.2) is 24.5 Å². The van der Waals surface area contributed by atoms with E-state index in [9.17, 15) is 4.79 Å². The standard InChI is InChI=1S/C13H16N4O/c1-4-17-9-12(10(2)15-17)13(18)6-5-11-7-8-14-16(11)3/h5-9H,4H2,1-3H3/b6-5+. The van der Waals surface area contributed by atoms with E-state index in [1.54, 1.807) is 33.9 Å². The molecule has 18 heavy (non-hydrogen) atoms. The zero-order valence-corrected chi connectivity index (χ0v) is 10.8. The van der Waals surface area contributed by atoms with Crippen LogP contribution in [-0.2, 0) is 13.6 Å². The SMILES string of the molecule is CCn1cc(C(=O)/C=C/c2ccnn2C)c(C)n1. The zero-order valence-electron chi connectivity index (χ0n) is 10.8. The fourth-order valence-corrected chi connectivity index (χ4v) is 1.72. The number of carbonyl (C=O) groups is 1. The number of allylic oxidation sites excluding steroid dienone is 1. The summed E-state index contributed by atoms with van der Waals surface area (Å²) >= 11 is 0. The highest BCUT2D eigenvalue weighted by molar-refractivity contribution is 6.07. The van der Waals surface area contributed by atoms with Crippen molar-refractivity contribution in [2.24, 2.45) is 7.05 Å². The maximum absolute atomic E-state index is 12.0. The Kier molecular flexibility index (Phi) is 3.41. The van der Waals surface area contributed by atoms with E-state index in [0.29, 0.717) is 5.56 Å². The van der Waals surface area contributed by atoms with Crippen molar-refractivity contribution in [3.8, 4) is 0 Å². The van der Waals surface area contributed by atoms with Crippen molar-refractivity contribution in [1.29, 1.82) is 0 Å². The highest BCUT2D eigenvalue weighted by Crippen LogP contribution is 2.09. The third-order valence-corrected chi connectivity index (χ3v) is 2.80. The summed E-state index contributed by atoms with van der Waals surface area (Å²) < 4.78 is 3.48. The molecule has 2 heterocycles. The molecule has 0 unspecified atom stereocenters. The summed E-state index contributed by atoms with van der Waals surface area (Å²) in [5, 5.41) is 8.30. The van der Waals surface area contributed by atoms with Gasteiger partial charge in [-0.2, -0.15) is 10.2 Å². The molecule has 0 aliphatic heterocycles. The molecule has 5 nitrogen and oxygen atoms in total. The third kappa shape index (κ3) is 2.40. The van der Waals surface area contributed by atoms with Gasteiger partial charge in [-0.15, -0.1) is 0 Å². The Morgan fingerprint density at radius 1 is 1.50 bits per heavy atom. The average molecular weight is 244 g/mol. The second-order valence-electron chi connectivity index (χ2n) is 4.06. The summed E-state index contributed by atoms with van der Waals surface area (Å²) in [6.45, 7) is 4.60. The normalized spacial score (nSPS) is 11.3. The van der Waals surface area contributed by atoms with Gasteiger partial charge in [-0.3, -0.25) is 14.2 Å². The Morgan fingerprint density at radius 2 is 2.28 bits per heavy atom. The fourth-order valence-electron chi connectivity index (χ4n) is 1.72. The highest BCUT2D eigenvalue weighted by Gasteiger charge is 2.10. The van der Waals surface area contributed by atoms with Gasteiger partial charge >= 0.3 is 0 Å². The Hall–Kier alpha value is -2.17. The summed E-state index contributed by atoms with van der Waals surface area (Å²) in [6.07, 6.45) is 6.80. The molecule has 0 atom stereocenters. The summed E-state index contributed by atoms with van der Waals surface area (Å²) in [7, 11) is 1.84. The molecule has 0 aliphatic rings. The number of nitrogens with zero attached hydrogens (tertiary/aromatic N) is 4. The lowest BCUT2D eigenvalue weighted by atomic mass is 10.1. The highest BCUT2D eigenvalue weighted by atomic mass is 16.1. The first-order valence-electron chi connectivity index (χ1n) is 5.86. The lowest BCUT2D eigenvalue weighted by molar-refractivity contribution is 0.104. The summed E-state index contributed by atoms with van der Waals surface area (Å²) in [5.41, 5.74) is 2.30. The molecule has 0 aliphatic carbocycles. The summed E-state index contributed by atoms with van der Waals surface area (Å²) in [6, 6.07) is 1.85. The van der Waals surface area contributed by atoms with Crippen LogP contribution in [-0.4, -0.2) is 25.3 Å². The number of aryl methyl sites for hydroxylation is 3. The van der Waals surface area contributed by atoms with Crippen LogP contribution in [0.5, 0.6) is 0 Å². The van der Waals surface area contributed by atoms with Crippen molar-refractivity contribution >= 4 is 11.9 Å². The van der Waals surface area contributed by atoms with Crippen molar-refractivity contribution in [3.63, 3.8) is 0 Å². The molecule has 0 aromatic carbocycles. The quantitative estimate of drug-likeness (QED) is 0.609. The molecule has 0 amide bonds. The number of aromatic nitrogens is 4. The third-order valence-electron chi connectivity index (χ3n) is 2.80. The molecule has 94 valence electrons. The molecule has 0 radical (unpaired) electrons. The Labute approximate surface area is 106 Å². The zero-order chi connectivity index (χ0) is 13.1. The minimum absolute atomic E-state index is 0.0339. The van der Waals surface area contributed by atoms with E-state index in [1.807, 2.05) is 27.0 Å². The predicted octanol–water partition coefficient (Wildman–Crippen LogP) is 1.84. The van der Waals surface area contributed by atoms with Gasteiger partial charge in [0.2, 0.25) is 0 Å². The van der Waals surface area contributed by atoms with Gasteiger partial charge in [-0.1, -0.05) is 0 Å².